The molecule has 0 aromatic carbocycles. The number of hydrogen-bond acceptors (Lipinski definition) is 4. The van der Waals surface area contributed by atoms with Crippen LogP contribution in [0.1, 0.15) is 10.4 Å². The Kier molecular flexibility index (Phi) is 3.62. The van der Waals surface area contributed by atoms with Crippen LogP contribution in [0.4, 0.5) is 5.82 Å². The third-order valence-electron chi connectivity index (χ3n) is 2.29. The van der Waals surface area contributed by atoms with Gasteiger partial charge in [0.15, 0.2) is 0 Å². The molecule has 0 aliphatic carbocycles. The molecular formula is C12H10ClN3S. The van der Waals surface area contributed by atoms with E-state index in [0.29, 0.717) is 17.9 Å². The lowest BCUT2D eigenvalue weighted by Gasteiger charge is -2.17. The van der Waals surface area contributed by atoms with Gasteiger partial charge in [0.2, 0.25) is 0 Å². The van der Waals surface area contributed by atoms with Crippen LogP contribution < -0.4 is 4.90 Å². The smallest absolute Gasteiger partial charge is 0.146 e. The molecule has 17 heavy (non-hydrogen) atoms. The fourth-order valence-corrected chi connectivity index (χ4v) is 2.67. The molecule has 0 saturated carbocycles. The first-order chi connectivity index (χ1) is 8.20. The van der Waals surface area contributed by atoms with E-state index in [1.807, 2.05) is 24.1 Å². The molecule has 0 fully saturated rings. The summed E-state index contributed by atoms with van der Waals surface area (Å²) in [4.78, 5) is 7.32. The zero-order valence-corrected chi connectivity index (χ0v) is 10.8. The number of nitrogens with zero attached hydrogens (tertiary/aromatic N) is 3. The molecule has 2 heterocycles. The van der Waals surface area contributed by atoms with Gasteiger partial charge >= 0.3 is 0 Å². The monoisotopic (exact) mass is 263 g/mol. The van der Waals surface area contributed by atoms with E-state index in [0.717, 1.165) is 9.21 Å². The zero-order valence-electron chi connectivity index (χ0n) is 9.22. The van der Waals surface area contributed by atoms with Crippen LogP contribution in [0.5, 0.6) is 0 Å². The lowest BCUT2D eigenvalue weighted by Crippen LogP contribution is -2.18. The molecule has 0 amide bonds. The van der Waals surface area contributed by atoms with Crippen LogP contribution in [0.15, 0.2) is 30.5 Å². The van der Waals surface area contributed by atoms with Crippen molar-refractivity contribution in [3.63, 3.8) is 0 Å². The van der Waals surface area contributed by atoms with E-state index >= 15 is 0 Å². The van der Waals surface area contributed by atoms with Crippen molar-refractivity contribution in [2.45, 2.75) is 6.54 Å². The molecule has 2 aromatic rings. The molecular weight excluding hydrogens is 254 g/mol. The van der Waals surface area contributed by atoms with Gasteiger partial charge in [-0.25, -0.2) is 4.98 Å². The molecule has 2 aromatic heterocycles. The second kappa shape index (κ2) is 5.17. The Labute approximate surface area is 109 Å². The predicted octanol–water partition coefficient (Wildman–Crippen LogP) is 3.30. The summed E-state index contributed by atoms with van der Waals surface area (Å²) in [6.45, 7) is 0.698. The Morgan fingerprint density at radius 2 is 2.29 bits per heavy atom. The van der Waals surface area contributed by atoms with Crippen molar-refractivity contribution < 1.29 is 0 Å². The first-order valence-electron chi connectivity index (χ1n) is 5.01. The molecule has 0 unspecified atom stereocenters. The van der Waals surface area contributed by atoms with Crippen LogP contribution in [-0.4, -0.2) is 12.0 Å². The first-order valence-corrected chi connectivity index (χ1v) is 6.20. The highest BCUT2D eigenvalue weighted by molar-refractivity contribution is 7.16. The van der Waals surface area contributed by atoms with Crippen LogP contribution in [0, 0.1) is 11.3 Å². The summed E-state index contributed by atoms with van der Waals surface area (Å²) >= 11 is 7.42. The molecule has 0 atom stereocenters. The summed E-state index contributed by atoms with van der Waals surface area (Å²) in [5, 5.41) is 9.00. The third-order valence-corrected chi connectivity index (χ3v) is 3.51. The second-order valence-corrected chi connectivity index (χ2v) is 5.35. The summed E-state index contributed by atoms with van der Waals surface area (Å²) in [5.74, 6) is 0.694. The van der Waals surface area contributed by atoms with Crippen molar-refractivity contribution in [2.75, 3.05) is 11.9 Å². The van der Waals surface area contributed by atoms with Gasteiger partial charge < -0.3 is 4.90 Å². The highest BCUT2D eigenvalue weighted by Gasteiger charge is 2.09. The Bertz CT molecular complexity index is 559. The predicted molar refractivity (Wildman–Crippen MR) is 70.4 cm³/mol. The number of pyridine rings is 1. The molecule has 0 spiro atoms. The van der Waals surface area contributed by atoms with Gasteiger partial charge in [-0.15, -0.1) is 11.3 Å². The van der Waals surface area contributed by atoms with Crippen LogP contribution >= 0.6 is 22.9 Å². The number of halogens is 1. The lowest BCUT2D eigenvalue weighted by molar-refractivity contribution is 0.909. The van der Waals surface area contributed by atoms with Gasteiger partial charge in [-0.1, -0.05) is 11.6 Å². The number of nitriles is 1. The molecule has 0 aliphatic rings. The number of thiophene rings is 1. The molecule has 5 heteroatoms. The van der Waals surface area contributed by atoms with Crippen molar-refractivity contribution in [3.05, 3.63) is 45.2 Å². The van der Waals surface area contributed by atoms with Crippen molar-refractivity contribution >= 4 is 28.8 Å². The van der Waals surface area contributed by atoms with Crippen LogP contribution in [0.2, 0.25) is 4.34 Å². The molecule has 2 rings (SSSR count). The summed E-state index contributed by atoms with van der Waals surface area (Å²) in [6.07, 6.45) is 1.69. The molecule has 86 valence electrons. The first kappa shape index (κ1) is 11.9. The summed E-state index contributed by atoms with van der Waals surface area (Å²) in [7, 11) is 1.91. The largest absolute Gasteiger partial charge is 0.353 e. The molecule has 0 N–H and O–H groups in total. The molecule has 0 saturated heterocycles. The van der Waals surface area contributed by atoms with Crippen LogP contribution in [-0.2, 0) is 6.54 Å². The van der Waals surface area contributed by atoms with Gasteiger partial charge in [-0.2, -0.15) is 5.26 Å². The van der Waals surface area contributed by atoms with Crippen molar-refractivity contribution in [1.82, 2.24) is 4.98 Å². The lowest BCUT2D eigenvalue weighted by atomic mass is 10.2. The summed E-state index contributed by atoms with van der Waals surface area (Å²) in [6, 6.07) is 9.53. The fourth-order valence-electron chi connectivity index (χ4n) is 1.53. The highest BCUT2D eigenvalue weighted by atomic mass is 35.5. The van der Waals surface area contributed by atoms with Gasteiger partial charge in [0.1, 0.15) is 11.9 Å². The number of anilines is 1. The second-order valence-electron chi connectivity index (χ2n) is 3.55. The van der Waals surface area contributed by atoms with Crippen LogP contribution in [0.3, 0.4) is 0 Å². The zero-order chi connectivity index (χ0) is 12.3. The summed E-state index contributed by atoms with van der Waals surface area (Å²) < 4.78 is 0.773. The minimum atomic E-state index is 0.581. The summed E-state index contributed by atoms with van der Waals surface area (Å²) in [5.41, 5.74) is 0.581. The van der Waals surface area contributed by atoms with Crippen molar-refractivity contribution in [2.24, 2.45) is 0 Å². The van der Waals surface area contributed by atoms with Crippen molar-refractivity contribution in [1.29, 1.82) is 5.26 Å². The quantitative estimate of drug-likeness (QED) is 0.853. The van der Waals surface area contributed by atoms with Crippen LogP contribution in [0.25, 0.3) is 0 Å². The molecule has 0 bridgehead atoms. The average Bonchev–Trinajstić information content (AvgIpc) is 2.74. The maximum atomic E-state index is 9.00. The number of aromatic nitrogens is 1. The van der Waals surface area contributed by atoms with Gasteiger partial charge in [0, 0.05) is 18.1 Å². The Morgan fingerprint density at radius 3 is 2.94 bits per heavy atom. The van der Waals surface area contributed by atoms with Gasteiger partial charge in [-0.05, 0) is 24.3 Å². The number of hydrogen-bond donors (Lipinski definition) is 0. The Hall–Kier alpha value is -1.57. The molecule has 0 aliphatic heterocycles. The standard InChI is InChI=1S/C12H10ClN3S/c1-16(8-10-4-5-11(13)17-10)12-9(7-14)3-2-6-15-12/h2-6H,8H2,1H3. The minimum absolute atomic E-state index is 0.581. The van der Waals surface area contributed by atoms with E-state index in [4.69, 9.17) is 16.9 Å². The minimum Gasteiger partial charge on any atom is -0.353 e. The SMILES string of the molecule is CN(Cc1ccc(Cl)s1)c1ncccc1C#N. The van der Waals surface area contributed by atoms with E-state index in [-0.39, 0.29) is 0 Å². The van der Waals surface area contributed by atoms with Crippen molar-refractivity contribution in [3.8, 4) is 6.07 Å². The topological polar surface area (TPSA) is 39.9 Å². The normalized spacial score (nSPS) is 9.94. The van der Waals surface area contributed by atoms with E-state index in [1.165, 1.54) is 11.3 Å². The van der Waals surface area contributed by atoms with E-state index in [1.54, 1.807) is 18.3 Å². The average molecular weight is 264 g/mol. The molecule has 0 radical (unpaired) electrons. The highest BCUT2D eigenvalue weighted by Crippen LogP contribution is 2.24. The maximum absolute atomic E-state index is 9.00. The molecule has 3 nitrogen and oxygen atoms in total. The van der Waals surface area contributed by atoms with Gasteiger partial charge in [0.05, 0.1) is 16.4 Å². The van der Waals surface area contributed by atoms with E-state index in [2.05, 4.69) is 11.1 Å². The fraction of sp³-hybridized carbons (Fsp3) is 0.167. The maximum Gasteiger partial charge on any atom is 0.146 e. The Morgan fingerprint density at radius 1 is 1.47 bits per heavy atom. The van der Waals surface area contributed by atoms with E-state index < -0.39 is 0 Å². The number of rotatable bonds is 3. The third kappa shape index (κ3) is 2.76. The Balaban J connectivity index is 2.20. The van der Waals surface area contributed by atoms with Gasteiger partial charge in [0.25, 0.3) is 0 Å². The van der Waals surface area contributed by atoms with E-state index in [9.17, 15) is 0 Å². The van der Waals surface area contributed by atoms with Gasteiger partial charge in [-0.3, -0.25) is 0 Å².